The van der Waals surface area contributed by atoms with Crippen LogP contribution in [-0.4, -0.2) is 58.0 Å². The lowest BCUT2D eigenvalue weighted by atomic mass is 9.99. The SMILES string of the molecule is CN=C(NCCCN1CCC(C)CC1)NCc1ccccc1S(=O)(=O)NC(C)(C)C.I. The molecule has 1 aliphatic rings. The van der Waals surface area contributed by atoms with Crippen LogP contribution in [0.1, 0.15) is 52.5 Å². The molecule has 0 saturated carbocycles. The minimum atomic E-state index is -3.60. The first-order chi connectivity index (χ1) is 14.1. The Morgan fingerprint density at radius 3 is 2.42 bits per heavy atom. The lowest BCUT2D eigenvalue weighted by molar-refractivity contribution is 0.191. The second-order valence-electron chi connectivity index (χ2n) is 9.19. The smallest absolute Gasteiger partial charge is 0.241 e. The Balaban J connectivity index is 0.00000480. The van der Waals surface area contributed by atoms with E-state index in [1.165, 1.54) is 25.9 Å². The number of hydrogen-bond donors (Lipinski definition) is 3. The van der Waals surface area contributed by atoms with Gasteiger partial charge in [0, 0.05) is 25.7 Å². The Hall–Kier alpha value is -0.910. The lowest BCUT2D eigenvalue weighted by Crippen LogP contribution is -2.41. The summed E-state index contributed by atoms with van der Waals surface area (Å²) in [4.78, 5) is 7.09. The molecule has 0 aromatic heterocycles. The molecule has 1 fully saturated rings. The van der Waals surface area contributed by atoms with E-state index in [0.29, 0.717) is 23.0 Å². The minimum absolute atomic E-state index is 0. The zero-order valence-electron chi connectivity index (χ0n) is 19.6. The highest BCUT2D eigenvalue weighted by molar-refractivity contribution is 14.0. The van der Waals surface area contributed by atoms with Gasteiger partial charge in [-0.2, -0.15) is 0 Å². The number of aliphatic imine (C=N–C) groups is 1. The number of sulfonamides is 1. The summed E-state index contributed by atoms with van der Waals surface area (Å²) in [6.07, 6.45) is 3.64. The van der Waals surface area contributed by atoms with Gasteiger partial charge in [-0.1, -0.05) is 25.1 Å². The molecule has 0 amide bonds. The van der Waals surface area contributed by atoms with Crippen LogP contribution in [0, 0.1) is 5.92 Å². The van der Waals surface area contributed by atoms with Crippen LogP contribution in [0.2, 0.25) is 0 Å². The average molecular weight is 566 g/mol. The van der Waals surface area contributed by atoms with E-state index in [0.717, 1.165) is 25.4 Å². The van der Waals surface area contributed by atoms with Crippen molar-refractivity contribution in [3.8, 4) is 0 Å². The number of piperidine rings is 1. The minimum Gasteiger partial charge on any atom is -0.356 e. The second-order valence-corrected chi connectivity index (χ2v) is 10.8. The molecule has 178 valence electrons. The number of halogens is 1. The van der Waals surface area contributed by atoms with Crippen molar-refractivity contribution < 1.29 is 8.42 Å². The number of guanidine groups is 1. The quantitative estimate of drug-likeness (QED) is 0.195. The largest absolute Gasteiger partial charge is 0.356 e. The van der Waals surface area contributed by atoms with Crippen LogP contribution in [0.5, 0.6) is 0 Å². The van der Waals surface area contributed by atoms with Gasteiger partial charge in [0.25, 0.3) is 0 Å². The number of nitrogens with zero attached hydrogens (tertiary/aromatic N) is 2. The van der Waals surface area contributed by atoms with E-state index in [9.17, 15) is 8.42 Å². The highest BCUT2D eigenvalue weighted by atomic mass is 127. The molecule has 0 atom stereocenters. The van der Waals surface area contributed by atoms with E-state index < -0.39 is 15.6 Å². The molecule has 1 aromatic carbocycles. The topological polar surface area (TPSA) is 85.8 Å². The van der Waals surface area contributed by atoms with Gasteiger partial charge in [-0.05, 0) is 77.2 Å². The van der Waals surface area contributed by atoms with Crippen molar-refractivity contribution in [1.29, 1.82) is 0 Å². The predicted octanol–water partition coefficient (Wildman–Crippen LogP) is 3.17. The third-order valence-corrected chi connectivity index (χ3v) is 7.05. The molecule has 1 saturated heterocycles. The van der Waals surface area contributed by atoms with Crippen LogP contribution in [0.15, 0.2) is 34.2 Å². The highest BCUT2D eigenvalue weighted by Gasteiger charge is 2.24. The van der Waals surface area contributed by atoms with Crippen molar-refractivity contribution in [2.45, 2.75) is 63.9 Å². The van der Waals surface area contributed by atoms with Crippen molar-refractivity contribution in [3.63, 3.8) is 0 Å². The van der Waals surface area contributed by atoms with Crippen LogP contribution in [0.3, 0.4) is 0 Å². The maximum atomic E-state index is 12.8. The van der Waals surface area contributed by atoms with Crippen molar-refractivity contribution in [1.82, 2.24) is 20.3 Å². The predicted molar refractivity (Wildman–Crippen MR) is 140 cm³/mol. The number of benzene rings is 1. The third kappa shape index (κ3) is 10.0. The molecule has 0 bridgehead atoms. The zero-order chi connectivity index (χ0) is 22.2. The van der Waals surface area contributed by atoms with E-state index in [-0.39, 0.29) is 24.0 Å². The van der Waals surface area contributed by atoms with Gasteiger partial charge in [0.15, 0.2) is 5.96 Å². The summed E-state index contributed by atoms with van der Waals surface area (Å²) in [6.45, 7) is 12.5. The Kier molecular flexibility index (Phi) is 11.8. The number of nitrogens with one attached hydrogen (secondary N) is 3. The van der Waals surface area contributed by atoms with E-state index in [2.05, 4.69) is 32.2 Å². The molecule has 3 N–H and O–H groups in total. The molecule has 2 rings (SSSR count). The van der Waals surface area contributed by atoms with Crippen LogP contribution in [0.25, 0.3) is 0 Å². The monoisotopic (exact) mass is 565 g/mol. The van der Waals surface area contributed by atoms with Crippen LogP contribution in [-0.2, 0) is 16.6 Å². The number of likely N-dealkylation sites (tertiary alicyclic amines) is 1. The lowest BCUT2D eigenvalue weighted by Gasteiger charge is -2.30. The fourth-order valence-electron chi connectivity index (χ4n) is 3.56. The summed E-state index contributed by atoms with van der Waals surface area (Å²) in [5, 5.41) is 6.57. The zero-order valence-corrected chi connectivity index (χ0v) is 22.7. The van der Waals surface area contributed by atoms with Crippen LogP contribution in [0.4, 0.5) is 0 Å². The van der Waals surface area contributed by atoms with Gasteiger partial charge in [0.1, 0.15) is 0 Å². The maximum absolute atomic E-state index is 12.8. The van der Waals surface area contributed by atoms with Gasteiger partial charge in [-0.25, -0.2) is 13.1 Å². The molecular formula is C22H40IN5O2S. The average Bonchev–Trinajstić information content (AvgIpc) is 2.67. The van der Waals surface area contributed by atoms with Crippen LogP contribution >= 0.6 is 24.0 Å². The van der Waals surface area contributed by atoms with Gasteiger partial charge in [-0.15, -0.1) is 24.0 Å². The fraction of sp³-hybridized carbons (Fsp3) is 0.682. The molecule has 0 radical (unpaired) electrons. The Morgan fingerprint density at radius 1 is 1.16 bits per heavy atom. The molecule has 7 nitrogen and oxygen atoms in total. The Bertz CT molecular complexity index is 800. The standard InChI is InChI=1S/C22H39N5O2S.HI/c1-18-11-15-27(16-12-18)14-8-13-24-21(23-5)25-17-19-9-6-7-10-20(19)30(28,29)26-22(2,3)4;/h6-7,9-10,18,26H,8,11-17H2,1-5H3,(H2,23,24,25);1H. The molecule has 9 heteroatoms. The van der Waals surface area contributed by atoms with Gasteiger partial charge in [0.2, 0.25) is 10.0 Å². The molecule has 1 aromatic rings. The molecule has 0 aliphatic carbocycles. The molecule has 31 heavy (non-hydrogen) atoms. The first-order valence-electron chi connectivity index (χ1n) is 10.9. The van der Waals surface area contributed by atoms with Gasteiger partial charge in [0.05, 0.1) is 4.90 Å². The first kappa shape index (κ1) is 28.1. The normalized spacial score (nSPS) is 16.6. The number of hydrogen-bond acceptors (Lipinski definition) is 4. The van der Waals surface area contributed by atoms with Gasteiger partial charge in [-0.3, -0.25) is 4.99 Å². The Labute approximate surface area is 205 Å². The van der Waals surface area contributed by atoms with E-state index in [1.54, 1.807) is 19.2 Å². The van der Waals surface area contributed by atoms with E-state index in [4.69, 9.17) is 0 Å². The molecule has 1 aliphatic heterocycles. The summed E-state index contributed by atoms with van der Waals surface area (Å²) in [7, 11) is -1.87. The molecule has 0 spiro atoms. The molecule has 0 unspecified atom stereocenters. The van der Waals surface area contributed by atoms with E-state index >= 15 is 0 Å². The first-order valence-corrected chi connectivity index (χ1v) is 12.4. The van der Waals surface area contributed by atoms with Crippen molar-refractivity contribution >= 4 is 40.0 Å². The molecular weight excluding hydrogens is 525 g/mol. The summed E-state index contributed by atoms with van der Waals surface area (Å²) in [6, 6.07) is 7.06. The van der Waals surface area contributed by atoms with Crippen molar-refractivity contribution in [3.05, 3.63) is 29.8 Å². The Morgan fingerprint density at radius 2 is 1.81 bits per heavy atom. The summed E-state index contributed by atoms with van der Waals surface area (Å²) >= 11 is 0. The maximum Gasteiger partial charge on any atom is 0.241 e. The van der Waals surface area contributed by atoms with Crippen molar-refractivity contribution in [2.75, 3.05) is 33.2 Å². The van der Waals surface area contributed by atoms with Gasteiger partial charge < -0.3 is 15.5 Å². The summed E-state index contributed by atoms with van der Waals surface area (Å²) < 4.78 is 28.3. The van der Waals surface area contributed by atoms with Gasteiger partial charge >= 0.3 is 0 Å². The van der Waals surface area contributed by atoms with Crippen molar-refractivity contribution in [2.24, 2.45) is 10.9 Å². The fourth-order valence-corrected chi connectivity index (χ4v) is 5.22. The molecule has 1 heterocycles. The van der Waals surface area contributed by atoms with Crippen LogP contribution < -0.4 is 15.4 Å². The highest BCUT2D eigenvalue weighted by Crippen LogP contribution is 2.18. The second kappa shape index (κ2) is 13.0. The van der Waals surface area contributed by atoms with E-state index in [1.807, 2.05) is 32.9 Å². The third-order valence-electron chi connectivity index (χ3n) is 5.19. The number of rotatable bonds is 8. The summed E-state index contributed by atoms with van der Waals surface area (Å²) in [5.41, 5.74) is 0.170. The summed E-state index contributed by atoms with van der Waals surface area (Å²) in [5.74, 6) is 1.53.